The first-order chi connectivity index (χ1) is 11.9. The van der Waals surface area contributed by atoms with Crippen molar-refractivity contribution in [2.75, 3.05) is 26.2 Å². The minimum absolute atomic E-state index is 0.0293. The number of rotatable bonds is 5. The number of fused-ring (bicyclic) bond motifs is 1. The number of piperidine rings is 1. The highest BCUT2D eigenvalue weighted by Crippen LogP contribution is 2.43. The Morgan fingerprint density at radius 1 is 1.36 bits per heavy atom. The summed E-state index contributed by atoms with van der Waals surface area (Å²) in [5, 5.41) is 13.4. The van der Waals surface area contributed by atoms with Gasteiger partial charge < -0.3 is 20.1 Å². The average Bonchev–Trinajstić information content (AvgIpc) is 2.90. The van der Waals surface area contributed by atoms with Crippen LogP contribution in [0.15, 0.2) is 12.1 Å². The van der Waals surface area contributed by atoms with Crippen molar-refractivity contribution in [3.05, 3.63) is 23.3 Å². The lowest BCUT2D eigenvalue weighted by Crippen LogP contribution is -2.38. The molecule has 5 nitrogen and oxygen atoms in total. The molecule has 0 bridgehead atoms. The van der Waals surface area contributed by atoms with Crippen LogP contribution in [0.1, 0.15) is 56.0 Å². The molecular formula is C20H30N2O3. The molecule has 0 aliphatic carbocycles. The summed E-state index contributed by atoms with van der Waals surface area (Å²) in [5.41, 5.74) is 0.934. The maximum atomic E-state index is 12.5. The van der Waals surface area contributed by atoms with Crippen molar-refractivity contribution < 1.29 is 14.6 Å². The SMILES string of the molecule is CCCN1CCC(CNC(=O)c2ccc3c(c2O)OC(C)(C)C3)CC1. The Balaban J connectivity index is 1.56. The number of nitrogens with zero attached hydrogens (tertiary/aromatic N) is 1. The summed E-state index contributed by atoms with van der Waals surface area (Å²) >= 11 is 0. The number of hydrogen-bond acceptors (Lipinski definition) is 4. The Hall–Kier alpha value is -1.75. The van der Waals surface area contributed by atoms with Crippen LogP contribution in [0.3, 0.4) is 0 Å². The molecule has 1 saturated heterocycles. The molecule has 0 atom stereocenters. The lowest BCUT2D eigenvalue weighted by Gasteiger charge is -2.31. The van der Waals surface area contributed by atoms with E-state index in [1.54, 1.807) is 6.07 Å². The zero-order valence-electron chi connectivity index (χ0n) is 15.6. The monoisotopic (exact) mass is 346 g/mol. The van der Waals surface area contributed by atoms with Gasteiger partial charge in [0.25, 0.3) is 5.91 Å². The van der Waals surface area contributed by atoms with E-state index in [-0.39, 0.29) is 17.3 Å². The lowest BCUT2D eigenvalue weighted by molar-refractivity contribution is 0.0930. The summed E-state index contributed by atoms with van der Waals surface area (Å²) < 4.78 is 5.81. The van der Waals surface area contributed by atoms with E-state index in [1.807, 2.05) is 19.9 Å². The highest BCUT2D eigenvalue weighted by Gasteiger charge is 2.34. The maximum absolute atomic E-state index is 12.5. The van der Waals surface area contributed by atoms with Gasteiger partial charge in [0, 0.05) is 18.5 Å². The molecule has 1 aromatic carbocycles. The quantitative estimate of drug-likeness (QED) is 0.860. The first-order valence-corrected chi connectivity index (χ1v) is 9.44. The Kier molecular flexibility index (Phi) is 5.23. The van der Waals surface area contributed by atoms with E-state index in [4.69, 9.17) is 4.74 Å². The molecular weight excluding hydrogens is 316 g/mol. The van der Waals surface area contributed by atoms with Gasteiger partial charge in [-0.05, 0) is 64.7 Å². The molecule has 0 saturated carbocycles. The Labute approximate surface area is 150 Å². The number of amides is 1. The zero-order valence-corrected chi connectivity index (χ0v) is 15.6. The smallest absolute Gasteiger partial charge is 0.255 e. The van der Waals surface area contributed by atoms with Crippen LogP contribution in [0.5, 0.6) is 11.5 Å². The van der Waals surface area contributed by atoms with Gasteiger partial charge in [-0.25, -0.2) is 0 Å². The number of aromatic hydroxyl groups is 1. The van der Waals surface area contributed by atoms with Gasteiger partial charge in [-0.1, -0.05) is 13.0 Å². The normalized spacial score (nSPS) is 20.1. The molecule has 138 valence electrons. The summed E-state index contributed by atoms with van der Waals surface area (Å²) in [6.45, 7) is 10.2. The molecule has 0 aromatic heterocycles. The van der Waals surface area contributed by atoms with Crippen LogP contribution >= 0.6 is 0 Å². The van der Waals surface area contributed by atoms with E-state index in [0.717, 1.165) is 37.9 Å². The topological polar surface area (TPSA) is 61.8 Å². The molecule has 0 radical (unpaired) electrons. The van der Waals surface area contributed by atoms with E-state index in [0.29, 0.717) is 23.8 Å². The van der Waals surface area contributed by atoms with Crippen molar-refractivity contribution in [3.63, 3.8) is 0 Å². The molecule has 0 spiro atoms. The van der Waals surface area contributed by atoms with Crippen LogP contribution in [0.2, 0.25) is 0 Å². The van der Waals surface area contributed by atoms with E-state index in [9.17, 15) is 9.90 Å². The summed E-state index contributed by atoms with van der Waals surface area (Å²) in [7, 11) is 0. The van der Waals surface area contributed by atoms with Gasteiger partial charge in [-0.3, -0.25) is 4.79 Å². The highest BCUT2D eigenvalue weighted by molar-refractivity contribution is 5.98. The second-order valence-corrected chi connectivity index (χ2v) is 7.98. The number of nitrogens with one attached hydrogen (secondary N) is 1. The Morgan fingerprint density at radius 3 is 2.76 bits per heavy atom. The van der Waals surface area contributed by atoms with E-state index >= 15 is 0 Å². The molecule has 1 aromatic rings. The third-order valence-electron chi connectivity index (χ3n) is 5.25. The van der Waals surface area contributed by atoms with Crippen LogP contribution in [0.25, 0.3) is 0 Å². The number of carbonyl (C=O) groups is 1. The molecule has 2 aliphatic heterocycles. The third-order valence-corrected chi connectivity index (χ3v) is 5.25. The number of phenols is 1. The maximum Gasteiger partial charge on any atom is 0.255 e. The molecule has 2 N–H and O–H groups in total. The van der Waals surface area contributed by atoms with Crippen molar-refractivity contribution in [2.24, 2.45) is 5.92 Å². The molecule has 1 amide bonds. The lowest BCUT2D eigenvalue weighted by atomic mass is 9.96. The molecule has 0 unspecified atom stereocenters. The van der Waals surface area contributed by atoms with Crippen molar-refractivity contribution >= 4 is 5.91 Å². The van der Waals surface area contributed by atoms with Gasteiger partial charge in [-0.15, -0.1) is 0 Å². The molecule has 5 heteroatoms. The zero-order chi connectivity index (χ0) is 18.0. The number of ether oxygens (including phenoxy) is 1. The number of phenolic OH excluding ortho intramolecular Hbond substituents is 1. The van der Waals surface area contributed by atoms with Gasteiger partial charge in [0.15, 0.2) is 11.5 Å². The van der Waals surface area contributed by atoms with Crippen molar-refractivity contribution in [3.8, 4) is 11.5 Å². The Morgan fingerprint density at radius 2 is 2.08 bits per heavy atom. The van der Waals surface area contributed by atoms with Crippen LogP contribution < -0.4 is 10.1 Å². The largest absolute Gasteiger partial charge is 0.504 e. The molecule has 2 aliphatic rings. The fraction of sp³-hybridized carbons (Fsp3) is 0.650. The molecule has 1 fully saturated rings. The Bertz CT molecular complexity index is 634. The highest BCUT2D eigenvalue weighted by atomic mass is 16.5. The standard InChI is InChI=1S/C20H30N2O3/c1-4-9-22-10-7-14(8-11-22)13-21-19(24)16-6-5-15-12-20(2,3)25-18(15)17(16)23/h5-6,14,23H,4,7-13H2,1-3H3,(H,21,24). The van der Waals surface area contributed by atoms with Crippen LogP contribution in [0.4, 0.5) is 0 Å². The summed E-state index contributed by atoms with van der Waals surface area (Å²) in [4.78, 5) is 15.0. The molecule has 25 heavy (non-hydrogen) atoms. The van der Waals surface area contributed by atoms with Gasteiger partial charge in [0.2, 0.25) is 0 Å². The van der Waals surface area contributed by atoms with Crippen molar-refractivity contribution in [1.29, 1.82) is 0 Å². The van der Waals surface area contributed by atoms with E-state index < -0.39 is 0 Å². The number of carbonyl (C=O) groups excluding carboxylic acids is 1. The molecule has 2 heterocycles. The third kappa shape index (κ3) is 4.09. The summed E-state index contributed by atoms with van der Waals surface area (Å²) in [6, 6.07) is 3.60. The first kappa shape index (κ1) is 18.1. The number of likely N-dealkylation sites (tertiary alicyclic amines) is 1. The fourth-order valence-electron chi connectivity index (χ4n) is 3.88. The summed E-state index contributed by atoms with van der Waals surface area (Å²) in [6.07, 6.45) is 4.17. The van der Waals surface area contributed by atoms with Gasteiger partial charge >= 0.3 is 0 Å². The predicted molar refractivity (Wildman–Crippen MR) is 98.3 cm³/mol. The minimum Gasteiger partial charge on any atom is -0.504 e. The van der Waals surface area contributed by atoms with Gasteiger partial charge in [-0.2, -0.15) is 0 Å². The fourth-order valence-corrected chi connectivity index (χ4v) is 3.88. The molecule has 3 rings (SSSR count). The van der Waals surface area contributed by atoms with Gasteiger partial charge in [0.1, 0.15) is 5.60 Å². The van der Waals surface area contributed by atoms with Crippen LogP contribution in [0, 0.1) is 5.92 Å². The first-order valence-electron chi connectivity index (χ1n) is 9.44. The second kappa shape index (κ2) is 7.24. The summed E-state index contributed by atoms with van der Waals surface area (Å²) in [5.74, 6) is 0.734. The number of hydrogen-bond donors (Lipinski definition) is 2. The van der Waals surface area contributed by atoms with Gasteiger partial charge in [0.05, 0.1) is 5.56 Å². The van der Waals surface area contributed by atoms with Crippen LogP contribution in [-0.2, 0) is 6.42 Å². The van der Waals surface area contributed by atoms with E-state index in [1.165, 1.54) is 13.0 Å². The van der Waals surface area contributed by atoms with Crippen molar-refractivity contribution in [1.82, 2.24) is 10.2 Å². The predicted octanol–water partition coefficient (Wildman–Crippen LogP) is 2.96. The van der Waals surface area contributed by atoms with E-state index in [2.05, 4.69) is 17.1 Å². The minimum atomic E-state index is -0.332. The average molecular weight is 346 g/mol. The van der Waals surface area contributed by atoms with Crippen molar-refractivity contribution in [2.45, 2.75) is 52.1 Å². The number of benzene rings is 1. The second-order valence-electron chi connectivity index (χ2n) is 7.98. The van der Waals surface area contributed by atoms with Crippen LogP contribution in [-0.4, -0.2) is 47.7 Å².